The zero-order valence-corrected chi connectivity index (χ0v) is 13.0. The minimum atomic E-state index is -0.577. The Labute approximate surface area is 126 Å². The fourth-order valence-electron chi connectivity index (χ4n) is 2.38. The molecule has 2 atom stereocenters. The number of piperazine rings is 1. The zero-order valence-electron chi connectivity index (χ0n) is 11.4. The predicted molar refractivity (Wildman–Crippen MR) is 79.4 cm³/mol. The van der Waals surface area contributed by atoms with E-state index >= 15 is 0 Å². The van der Waals surface area contributed by atoms with Crippen molar-refractivity contribution in [3.05, 3.63) is 28.2 Å². The summed E-state index contributed by atoms with van der Waals surface area (Å²) >= 11 is 3.41. The first-order valence-corrected chi connectivity index (χ1v) is 7.31. The molecule has 0 bridgehead atoms. The van der Waals surface area contributed by atoms with E-state index in [2.05, 4.69) is 21.2 Å². The van der Waals surface area contributed by atoms with Crippen LogP contribution in [0.1, 0.15) is 31.9 Å². The van der Waals surface area contributed by atoms with Crippen molar-refractivity contribution >= 4 is 33.4 Å². The lowest BCUT2D eigenvalue weighted by molar-refractivity contribution is -0.132. The van der Waals surface area contributed by atoms with Gasteiger partial charge in [-0.25, -0.2) is 0 Å². The van der Waals surface area contributed by atoms with Crippen molar-refractivity contribution in [1.29, 1.82) is 0 Å². The molecule has 1 unspecified atom stereocenters. The number of anilines is 1. The van der Waals surface area contributed by atoms with Gasteiger partial charge in [0.2, 0.25) is 11.8 Å². The SMILES string of the molecule is CCC1C(=O)NC(=O)CN1c1ccc([C@@H](C)O)c(Br)c1. The van der Waals surface area contributed by atoms with Gasteiger partial charge in [0.25, 0.3) is 0 Å². The maximum absolute atomic E-state index is 11.9. The van der Waals surface area contributed by atoms with Gasteiger partial charge in [0.05, 0.1) is 12.6 Å². The van der Waals surface area contributed by atoms with Crippen LogP contribution in [0.5, 0.6) is 0 Å². The summed E-state index contributed by atoms with van der Waals surface area (Å²) in [6, 6.07) is 5.10. The molecule has 1 aromatic carbocycles. The van der Waals surface area contributed by atoms with E-state index in [0.29, 0.717) is 6.42 Å². The van der Waals surface area contributed by atoms with Gasteiger partial charge in [0, 0.05) is 10.2 Å². The Balaban J connectivity index is 2.36. The van der Waals surface area contributed by atoms with E-state index in [1.807, 2.05) is 19.1 Å². The van der Waals surface area contributed by atoms with Crippen LogP contribution in [0.3, 0.4) is 0 Å². The highest BCUT2D eigenvalue weighted by atomic mass is 79.9. The highest BCUT2D eigenvalue weighted by Gasteiger charge is 2.32. The van der Waals surface area contributed by atoms with Crippen LogP contribution in [0.4, 0.5) is 5.69 Å². The first kappa shape index (κ1) is 15.0. The second-order valence-corrected chi connectivity index (χ2v) is 5.70. The maximum Gasteiger partial charge on any atom is 0.249 e. The second kappa shape index (κ2) is 5.93. The fourth-order valence-corrected chi connectivity index (χ4v) is 3.08. The molecule has 0 saturated carbocycles. The Morgan fingerprint density at radius 1 is 1.50 bits per heavy atom. The summed E-state index contributed by atoms with van der Waals surface area (Å²) in [5.41, 5.74) is 1.56. The molecule has 6 heteroatoms. The van der Waals surface area contributed by atoms with E-state index in [4.69, 9.17) is 0 Å². The Kier molecular flexibility index (Phi) is 4.45. The number of aliphatic hydroxyl groups excluding tert-OH is 1. The summed E-state index contributed by atoms with van der Waals surface area (Å²) in [5, 5.41) is 12.0. The lowest BCUT2D eigenvalue weighted by Gasteiger charge is -2.35. The molecular formula is C14H17BrN2O3. The summed E-state index contributed by atoms with van der Waals surface area (Å²) in [7, 11) is 0. The Morgan fingerprint density at radius 3 is 2.75 bits per heavy atom. The lowest BCUT2D eigenvalue weighted by Crippen LogP contribution is -2.58. The minimum Gasteiger partial charge on any atom is -0.389 e. The normalized spacial score (nSPS) is 20.8. The number of hydrogen-bond acceptors (Lipinski definition) is 4. The first-order valence-electron chi connectivity index (χ1n) is 6.52. The Hall–Kier alpha value is -1.40. The summed E-state index contributed by atoms with van der Waals surface area (Å²) in [5.74, 6) is -0.560. The van der Waals surface area contributed by atoms with Crippen LogP contribution in [0.2, 0.25) is 0 Å². The summed E-state index contributed by atoms with van der Waals surface area (Å²) < 4.78 is 0.762. The maximum atomic E-state index is 11.9. The number of hydrogen-bond donors (Lipinski definition) is 2. The van der Waals surface area contributed by atoms with Gasteiger partial charge in [-0.1, -0.05) is 28.9 Å². The fraction of sp³-hybridized carbons (Fsp3) is 0.429. The summed E-state index contributed by atoms with van der Waals surface area (Å²) in [4.78, 5) is 25.2. The molecule has 108 valence electrons. The monoisotopic (exact) mass is 340 g/mol. The standard InChI is InChI=1S/C14H17BrN2O3/c1-3-12-14(20)16-13(19)7-17(12)9-4-5-10(8(2)18)11(15)6-9/h4-6,8,12,18H,3,7H2,1-2H3,(H,16,19,20)/t8-,12?/m1/s1. The molecule has 0 aliphatic carbocycles. The molecule has 20 heavy (non-hydrogen) atoms. The van der Waals surface area contributed by atoms with E-state index < -0.39 is 6.10 Å². The lowest BCUT2D eigenvalue weighted by atomic mass is 10.1. The molecule has 1 heterocycles. The van der Waals surface area contributed by atoms with Crippen LogP contribution in [0.15, 0.2) is 22.7 Å². The van der Waals surface area contributed by atoms with E-state index in [1.165, 1.54) is 0 Å². The van der Waals surface area contributed by atoms with Gasteiger partial charge in [-0.3, -0.25) is 14.9 Å². The van der Waals surface area contributed by atoms with Gasteiger partial charge in [-0.15, -0.1) is 0 Å². The van der Waals surface area contributed by atoms with Crippen molar-refractivity contribution in [2.24, 2.45) is 0 Å². The number of aliphatic hydroxyl groups is 1. The van der Waals surface area contributed by atoms with Crippen LogP contribution in [-0.2, 0) is 9.59 Å². The van der Waals surface area contributed by atoms with Gasteiger partial charge < -0.3 is 10.0 Å². The number of imide groups is 1. The van der Waals surface area contributed by atoms with Crippen molar-refractivity contribution in [3.63, 3.8) is 0 Å². The number of nitrogens with one attached hydrogen (secondary N) is 1. The molecule has 0 aromatic heterocycles. The number of carbonyl (C=O) groups excluding carboxylic acids is 2. The number of amides is 2. The molecule has 1 aliphatic rings. The molecule has 1 aromatic rings. The number of benzene rings is 1. The largest absolute Gasteiger partial charge is 0.389 e. The van der Waals surface area contributed by atoms with Crippen molar-refractivity contribution in [2.75, 3.05) is 11.4 Å². The van der Waals surface area contributed by atoms with Crippen LogP contribution in [0.25, 0.3) is 0 Å². The first-order chi connectivity index (χ1) is 9.43. The molecule has 0 radical (unpaired) electrons. The smallest absolute Gasteiger partial charge is 0.249 e. The summed E-state index contributed by atoms with van der Waals surface area (Å²) in [6.45, 7) is 3.75. The quantitative estimate of drug-likeness (QED) is 0.822. The van der Waals surface area contributed by atoms with E-state index in [9.17, 15) is 14.7 Å². The highest BCUT2D eigenvalue weighted by molar-refractivity contribution is 9.10. The molecule has 2 N–H and O–H groups in total. The molecular weight excluding hydrogens is 324 g/mol. The van der Waals surface area contributed by atoms with Crippen LogP contribution in [0, 0.1) is 0 Å². The second-order valence-electron chi connectivity index (χ2n) is 4.85. The summed E-state index contributed by atoms with van der Waals surface area (Å²) in [6.07, 6.45) is 0.0428. The third-order valence-corrected chi connectivity index (χ3v) is 4.09. The van der Waals surface area contributed by atoms with Crippen LogP contribution in [-0.4, -0.2) is 29.5 Å². The number of carbonyl (C=O) groups is 2. The molecule has 1 aliphatic heterocycles. The van der Waals surface area contributed by atoms with Gasteiger partial charge in [0.15, 0.2) is 0 Å². The van der Waals surface area contributed by atoms with E-state index in [-0.39, 0.29) is 24.4 Å². The van der Waals surface area contributed by atoms with Crippen molar-refractivity contribution in [1.82, 2.24) is 5.32 Å². The van der Waals surface area contributed by atoms with Crippen LogP contribution < -0.4 is 10.2 Å². The third kappa shape index (κ3) is 2.86. The molecule has 1 saturated heterocycles. The van der Waals surface area contributed by atoms with Gasteiger partial charge in [0.1, 0.15) is 6.04 Å². The number of halogens is 1. The Bertz CT molecular complexity index is 545. The molecule has 2 amide bonds. The van der Waals surface area contributed by atoms with Gasteiger partial charge >= 0.3 is 0 Å². The zero-order chi connectivity index (χ0) is 14.9. The van der Waals surface area contributed by atoms with E-state index in [1.54, 1.807) is 17.9 Å². The average molecular weight is 341 g/mol. The highest BCUT2D eigenvalue weighted by Crippen LogP contribution is 2.30. The van der Waals surface area contributed by atoms with Crippen molar-refractivity contribution < 1.29 is 14.7 Å². The topological polar surface area (TPSA) is 69.6 Å². The molecule has 0 spiro atoms. The third-order valence-electron chi connectivity index (χ3n) is 3.41. The molecule has 1 fully saturated rings. The molecule has 2 rings (SSSR count). The number of rotatable bonds is 3. The minimum absolute atomic E-state index is 0.157. The van der Waals surface area contributed by atoms with Crippen LogP contribution >= 0.6 is 15.9 Å². The van der Waals surface area contributed by atoms with Gasteiger partial charge in [-0.05, 0) is 31.0 Å². The van der Waals surface area contributed by atoms with E-state index in [0.717, 1.165) is 15.7 Å². The number of nitrogens with zero attached hydrogens (tertiary/aromatic N) is 1. The van der Waals surface area contributed by atoms with Crippen molar-refractivity contribution in [2.45, 2.75) is 32.4 Å². The van der Waals surface area contributed by atoms with Gasteiger partial charge in [-0.2, -0.15) is 0 Å². The Morgan fingerprint density at radius 2 is 2.20 bits per heavy atom. The average Bonchev–Trinajstić information content (AvgIpc) is 2.37. The predicted octanol–water partition coefficient (Wildman–Crippen LogP) is 1.74. The van der Waals surface area contributed by atoms with Crippen molar-refractivity contribution in [3.8, 4) is 0 Å². The molecule has 5 nitrogen and oxygen atoms in total.